The van der Waals surface area contributed by atoms with Crippen LogP contribution in [0, 0.1) is 30.0 Å². The average Bonchev–Trinajstić information content (AvgIpc) is 2.63. The molecule has 3 rings (SSSR count). The van der Waals surface area contributed by atoms with Gasteiger partial charge in [-0.2, -0.15) is 5.26 Å². The van der Waals surface area contributed by atoms with Gasteiger partial charge in [0.05, 0.1) is 23.2 Å². The second-order valence-electron chi connectivity index (χ2n) is 6.22. The summed E-state index contributed by atoms with van der Waals surface area (Å²) in [5.41, 5.74) is 1.63. The topological polar surface area (TPSA) is 69.0 Å². The van der Waals surface area contributed by atoms with E-state index in [1.807, 2.05) is 30.0 Å². The number of carbonyl (C=O) groups is 1. The maximum absolute atomic E-state index is 14.2. The highest BCUT2D eigenvalue weighted by molar-refractivity contribution is 5.92. The number of aromatic nitrogens is 1. The van der Waals surface area contributed by atoms with Gasteiger partial charge in [0.25, 0.3) is 0 Å². The third-order valence-corrected chi connectivity index (χ3v) is 4.46. The number of carbonyl (C=O) groups excluding carboxylic acids is 1. The van der Waals surface area contributed by atoms with Crippen molar-refractivity contribution in [1.82, 2.24) is 4.98 Å². The van der Waals surface area contributed by atoms with Gasteiger partial charge in [0.1, 0.15) is 11.6 Å². The van der Waals surface area contributed by atoms with Gasteiger partial charge in [-0.15, -0.1) is 0 Å². The number of benzene rings is 1. The minimum Gasteiger partial charge on any atom is -0.368 e. The summed E-state index contributed by atoms with van der Waals surface area (Å²) in [6, 6.07) is 10.1. The molecule has 1 aliphatic heterocycles. The summed E-state index contributed by atoms with van der Waals surface area (Å²) in [6.07, 6.45) is 3.20. The Morgan fingerprint density at radius 2 is 2.28 bits per heavy atom. The van der Waals surface area contributed by atoms with Gasteiger partial charge >= 0.3 is 0 Å². The van der Waals surface area contributed by atoms with Crippen molar-refractivity contribution in [2.45, 2.75) is 19.8 Å². The molecule has 0 spiro atoms. The van der Waals surface area contributed by atoms with Gasteiger partial charge in [-0.05, 0) is 49.6 Å². The zero-order valence-corrected chi connectivity index (χ0v) is 14.0. The third-order valence-electron chi connectivity index (χ3n) is 4.46. The molecule has 1 saturated heterocycles. The Labute approximate surface area is 146 Å². The van der Waals surface area contributed by atoms with E-state index >= 15 is 0 Å². The van der Waals surface area contributed by atoms with Gasteiger partial charge < -0.3 is 10.2 Å². The second-order valence-corrected chi connectivity index (χ2v) is 6.22. The van der Waals surface area contributed by atoms with Crippen LogP contribution >= 0.6 is 0 Å². The standard InChI is InChI=1S/C19H19FN4O/c1-13-4-2-8-22-18(13)23-19(25)15-5-3-9-24(12-15)17-7-6-14(11-21)10-16(17)20/h2,4,6-8,10,15H,3,5,9,12H2,1H3,(H,22,23,25). The Kier molecular flexibility index (Phi) is 4.94. The predicted octanol–water partition coefficient (Wildman–Crippen LogP) is 3.26. The summed E-state index contributed by atoms with van der Waals surface area (Å²) >= 11 is 0. The number of nitrogens with zero attached hydrogens (tertiary/aromatic N) is 3. The molecule has 6 heteroatoms. The Bertz CT molecular complexity index is 830. The molecule has 1 aliphatic rings. The number of nitrogens with one attached hydrogen (secondary N) is 1. The van der Waals surface area contributed by atoms with Crippen molar-refractivity contribution in [3.63, 3.8) is 0 Å². The van der Waals surface area contributed by atoms with E-state index in [0.717, 1.165) is 18.4 Å². The number of amides is 1. The van der Waals surface area contributed by atoms with Crippen molar-refractivity contribution in [3.8, 4) is 6.07 Å². The lowest BCUT2D eigenvalue weighted by Crippen LogP contribution is -2.41. The number of hydrogen-bond acceptors (Lipinski definition) is 4. The molecular weight excluding hydrogens is 319 g/mol. The van der Waals surface area contributed by atoms with E-state index in [-0.39, 0.29) is 17.4 Å². The fraction of sp³-hybridized carbons (Fsp3) is 0.316. The molecule has 1 fully saturated rings. The van der Waals surface area contributed by atoms with E-state index in [2.05, 4.69) is 10.3 Å². The number of anilines is 2. The number of nitriles is 1. The Morgan fingerprint density at radius 1 is 1.44 bits per heavy atom. The smallest absolute Gasteiger partial charge is 0.230 e. The van der Waals surface area contributed by atoms with Crippen LogP contribution in [0.25, 0.3) is 0 Å². The highest BCUT2D eigenvalue weighted by Gasteiger charge is 2.27. The quantitative estimate of drug-likeness (QED) is 0.933. The van der Waals surface area contributed by atoms with Gasteiger partial charge in [-0.1, -0.05) is 6.07 Å². The molecular formula is C19H19FN4O. The fourth-order valence-corrected chi connectivity index (χ4v) is 3.08. The fourth-order valence-electron chi connectivity index (χ4n) is 3.08. The summed E-state index contributed by atoms with van der Waals surface area (Å²) in [5.74, 6) is -0.194. The first kappa shape index (κ1) is 16.9. The SMILES string of the molecule is Cc1cccnc1NC(=O)C1CCCN(c2ccc(C#N)cc2F)C1. The Balaban J connectivity index is 1.72. The zero-order valence-electron chi connectivity index (χ0n) is 14.0. The molecule has 1 aromatic carbocycles. The number of piperidine rings is 1. The summed E-state index contributed by atoms with van der Waals surface area (Å²) in [4.78, 5) is 18.6. The lowest BCUT2D eigenvalue weighted by atomic mass is 9.96. The van der Waals surface area contributed by atoms with Crippen LogP contribution in [-0.4, -0.2) is 24.0 Å². The van der Waals surface area contributed by atoms with E-state index < -0.39 is 5.82 Å². The number of pyridine rings is 1. The molecule has 0 radical (unpaired) electrons. The molecule has 0 aliphatic carbocycles. The summed E-state index contributed by atoms with van der Waals surface area (Å²) < 4.78 is 14.2. The molecule has 1 atom stereocenters. The molecule has 2 aromatic rings. The van der Waals surface area contributed by atoms with Gasteiger partial charge in [0, 0.05) is 19.3 Å². The first-order chi connectivity index (χ1) is 12.1. The molecule has 0 bridgehead atoms. The zero-order chi connectivity index (χ0) is 17.8. The summed E-state index contributed by atoms with van der Waals surface area (Å²) in [7, 11) is 0. The molecule has 5 nitrogen and oxygen atoms in total. The number of rotatable bonds is 3. The molecule has 128 valence electrons. The van der Waals surface area contributed by atoms with Crippen LogP contribution in [0.4, 0.5) is 15.9 Å². The van der Waals surface area contributed by atoms with Gasteiger partial charge in [0.15, 0.2) is 0 Å². The van der Waals surface area contributed by atoms with E-state index in [4.69, 9.17) is 5.26 Å². The van der Waals surface area contributed by atoms with E-state index in [0.29, 0.717) is 24.6 Å². The lowest BCUT2D eigenvalue weighted by Gasteiger charge is -2.34. The number of halogens is 1. The summed E-state index contributed by atoms with van der Waals surface area (Å²) in [6.45, 7) is 3.03. The highest BCUT2D eigenvalue weighted by Crippen LogP contribution is 2.27. The molecule has 1 amide bonds. The van der Waals surface area contributed by atoms with Crippen LogP contribution in [0.3, 0.4) is 0 Å². The van der Waals surface area contributed by atoms with Crippen molar-refractivity contribution < 1.29 is 9.18 Å². The minimum absolute atomic E-state index is 0.0967. The molecule has 1 unspecified atom stereocenters. The molecule has 1 aromatic heterocycles. The molecule has 1 N–H and O–H groups in total. The van der Waals surface area contributed by atoms with Gasteiger partial charge in [-0.3, -0.25) is 4.79 Å². The monoisotopic (exact) mass is 338 g/mol. The largest absolute Gasteiger partial charge is 0.368 e. The predicted molar refractivity (Wildman–Crippen MR) is 93.7 cm³/mol. The van der Waals surface area contributed by atoms with Crippen LogP contribution in [0.1, 0.15) is 24.0 Å². The van der Waals surface area contributed by atoms with Crippen molar-refractivity contribution in [1.29, 1.82) is 5.26 Å². The Morgan fingerprint density at radius 3 is 3.00 bits per heavy atom. The third kappa shape index (κ3) is 3.77. The van der Waals surface area contributed by atoms with Crippen molar-refractivity contribution in [2.24, 2.45) is 5.92 Å². The first-order valence-corrected chi connectivity index (χ1v) is 8.25. The number of hydrogen-bond donors (Lipinski definition) is 1. The molecule has 2 heterocycles. The van der Waals surface area contributed by atoms with E-state index in [1.165, 1.54) is 6.07 Å². The minimum atomic E-state index is -0.430. The van der Waals surface area contributed by atoms with Crippen LogP contribution < -0.4 is 10.2 Å². The van der Waals surface area contributed by atoms with Crippen LogP contribution in [0.15, 0.2) is 36.5 Å². The van der Waals surface area contributed by atoms with Gasteiger partial charge in [0.2, 0.25) is 5.91 Å². The highest BCUT2D eigenvalue weighted by atomic mass is 19.1. The maximum Gasteiger partial charge on any atom is 0.230 e. The Hall–Kier alpha value is -2.94. The summed E-state index contributed by atoms with van der Waals surface area (Å²) in [5, 5.41) is 11.7. The van der Waals surface area contributed by atoms with Crippen LogP contribution in [0.2, 0.25) is 0 Å². The second kappa shape index (κ2) is 7.31. The van der Waals surface area contributed by atoms with E-state index in [1.54, 1.807) is 18.3 Å². The van der Waals surface area contributed by atoms with E-state index in [9.17, 15) is 9.18 Å². The van der Waals surface area contributed by atoms with Crippen LogP contribution in [0.5, 0.6) is 0 Å². The van der Waals surface area contributed by atoms with Gasteiger partial charge in [-0.25, -0.2) is 9.37 Å². The normalized spacial score (nSPS) is 17.0. The number of aryl methyl sites for hydroxylation is 1. The maximum atomic E-state index is 14.2. The van der Waals surface area contributed by atoms with Crippen molar-refractivity contribution >= 4 is 17.4 Å². The average molecular weight is 338 g/mol. The first-order valence-electron chi connectivity index (χ1n) is 8.25. The van der Waals surface area contributed by atoms with Crippen molar-refractivity contribution in [3.05, 3.63) is 53.5 Å². The van der Waals surface area contributed by atoms with Crippen LogP contribution in [-0.2, 0) is 4.79 Å². The molecule has 0 saturated carbocycles. The molecule has 25 heavy (non-hydrogen) atoms. The lowest BCUT2D eigenvalue weighted by molar-refractivity contribution is -0.120. The van der Waals surface area contributed by atoms with Crippen molar-refractivity contribution in [2.75, 3.05) is 23.3 Å².